The van der Waals surface area contributed by atoms with Gasteiger partial charge in [-0.05, 0) is 69.8 Å². The highest BCUT2D eigenvalue weighted by molar-refractivity contribution is 6.13. The van der Waals surface area contributed by atoms with E-state index in [1.54, 1.807) is 0 Å². The molecule has 0 aliphatic carbocycles. The fraction of sp³-hybridized carbons (Fsp3) is 0.111. The van der Waals surface area contributed by atoms with Crippen molar-refractivity contribution in [1.82, 2.24) is 4.90 Å². The maximum atomic E-state index is 9.52. The first-order valence-corrected chi connectivity index (χ1v) is 16.6. The van der Waals surface area contributed by atoms with E-state index < -0.39 is 0 Å². The van der Waals surface area contributed by atoms with E-state index in [0.717, 1.165) is 73.0 Å². The number of benzene rings is 6. The quantitative estimate of drug-likeness (QED) is 0.190. The molecule has 2 aliphatic heterocycles. The fourth-order valence-electron chi connectivity index (χ4n) is 7.11. The van der Waals surface area contributed by atoms with Crippen molar-refractivity contribution in [2.24, 2.45) is 4.99 Å². The third-order valence-corrected chi connectivity index (χ3v) is 9.84. The van der Waals surface area contributed by atoms with Crippen LogP contribution in [0.5, 0.6) is 11.5 Å². The van der Waals surface area contributed by atoms with Crippen molar-refractivity contribution in [3.05, 3.63) is 185 Å². The molecule has 8 rings (SSSR count). The summed E-state index contributed by atoms with van der Waals surface area (Å²) in [7, 11) is 2.13. The molecule has 4 nitrogen and oxygen atoms in total. The third-order valence-electron chi connectivity index (χ3n) is 9.84. The minimum atomic E-state index is -0.317. The number of hydrogen-bond acceptors (Lipinski definition) is 4. The van der Waals surface area contributed by atoms with Gasteiger partial charge in [-0.15, -0.1) is 0 Å². The Morgan fingerprint density at radius 1 is 0.633 bits per heavy atom. The van der Waals surface area contributed by atoms with Crippen LogP contribution in [0.3, 0.4) is 0 Å². The van der Waals surface area contributed by atoms with Gasteiger partial charge in [-0.3, -0.25) is 4.99 Å². The van der Waals surface area contributed by atoms with E-state index in [9.17, 15) is 5.26 Å². The summed E-state index contributed by atoms with van der Waals surface area (Å²) in [4.78, 5) is 7.63. The van der Waals surface area contributed by atoms with Crippen LogP contribution < -0.4 is 4.74 Å². The lowest BCUT2D eigenvalue weighted by molar-refractivity contribution is 0.365. The van der Waals surface area contributed by atoms with Gasteiger partial charge in [0.15, 0.2) is 0 Å². The highest BCUT2D eigenvalue weighted by atomic mass is 16.5. The van der Waals surface area contributed by atoms with Crippen molar-refractivity contribution in [2.45, 2.75) is 25.4 Å². The molecule has 0 bridgehead atoms. The van der Waals surface area contributed by atoms with Gasteiger partial charge in [-0.25, -0.2) is 0 Å². The average molecular weight is 634 g/mol. The van der Waals surface area contributed by atoms with Crippen molar-refractivity contribution in [3.63, 3.8) is 0 Å². The summed E-state index contributed by atoms with van der Waals surface area (Å²) in [6, 6.07) is 52.8. The first kappa shape index (κ1) is 30.2. The Labute approximate surface area is 287 Å². The molecule has 6 aromatic carbocycles. The van der Waals surface area contributed by atoms with Crippen LogP contribution in [-0.2, 0) is 5.41 Å². The number of nitrogens with zero attached hydrogens (tertiary/aromatic N) is 3. The number of fused-ring (bicyclic) bond motifs is 2. The van der Waals surface area contributed by atoms with Gasteiger partial charge in [0.25, 0.3) is 0 Å². The second-order valence-corrected chi connectivity index (χ2v) is 13.2. The number of rotatable bonds is 5. The zero-order valence-corrected chi connectivity index (χ0v) is 27.8. The molecule has 2 heterocycles. The molecule has 6 aromatic rings. The van der Waals surface area contributed by atoms with Crippen molar-refractivity contribution in [2.75, 3.05) is 7.05 Å². The molecule has 0 radical (unpaired) electrons. The Morgan fingerprint density at radius 3 is 1.94 bits per heavy atom. The molecule has 1 unspecified atom stereocenters. The SMILES string of the molecule is CN1C(c2ccccc2)=CC(c2ccccc2)=NC1c1ccccc1-c1ccc(-c2ccc3c(c2)C(C)(C)c2cc(C#N)ccc2O3)cc1. The lowest BCUT2D eigenvalue weighted by Crippen LogP contribution is -2.27. The summed E-state index contributed by atoms with van der Waals surface area (Å²) >= 11 is 0. The van der Waals surface area contributed by atoms with Crippen LogP contribution in [-0.4, -0.2) is 17.7 Å². The van der Waals surface area contributed by atoms with Crippen molar-refractivity contribution in [1.29, 1.82) is 5.26 Å². The van der Waals surface area contributed by atoms with Crippen LogP contribution >= 0.6 is 0 Å². The third kappa shape index (κ3) is 5.40. The van der Waals surface area contributed by atoms with Crippen molar-refractivity contribution in [3.8, 4) is 39.8 Å². The van der Waals surface area contributed by atoms with Gasteiger partial charge in [-0.2, -0.15) is 5.26 Å². The van der Waals surface area contributed by atoms with E-state index in [1.165, 1.54) is 0 Å². The van der Waals surface area contributed by atoms with Crippen LogP contribution in [0.2, 0.25) is 0 Å². The fourth-order valence-corrected chi connectivity index (χ4v) is 7.11. The number of ether oxygens (including phenoxy) is 1. The first-order chi connectivity index (χ1) is 23.9. The molecule has 4 heteroatoms. The predicted molar refractivity (Wildman–Crippen MR) is 199 cm³/mol. The molecule has 0 saturated heterocycles. The molecule has 236 valence electrons. The van der Waals surface area contributed by atoms with Gasteiger partial charge in [0.2, 0.25) is 0 Å². The Balaban J connectivity index is 1.15. The molecule has 0 amide bonds. The Kier molecular flexibility index (Phi) is 7.46. The molecule has 0 spiro atoms. The monoisotopic (exact) mass is 633 g/mol. The van der Waals surface area contributed by atoms with Crippen molar-refractivity contribution < 1.29 is 4.74 Å². The molecule has 0 aromatic heterocycles. The van der Waals surface area contributed by atoms with Crippen molar-refractivity contribution >= 4 is 11.4 Å². The summed E-state index contributed by atoms with van der Waals surface area (Å²) in [5.74, 6) is 1.66. The molecular weight excluding hydrogens is 599 g/mol. The summed E-state index contributed by atoms with van der Waals surface area (Å²) in [6.07, 6.45) is 1.99. The van der Waals surface area contributed by atoms with Gasteiger partial charge >= 0.3 is 0 Å². The largest absolute Gasteiger partial charge is 0.457 e. The molecule has 49 heavy (non-hydrogen) atoms. The predicted octanol–water partition coefficient (Wildman–Crippen LogP) is 10.8. The van der Waals surface area contributed by atoms with Gasteiger partial charge in [-0.1, -0.05) is 129 Å². The lowest BCUT2D eigenvalue weighted by atomic mass is 9.74. The maximum absolute atomic E-state index is 9.52. The minimum Gasteiger partial charge on any atom is -0.457 e. The van der Waals surface area contributed by atoms with Gasteiger partial charge in [0, 0.05) is 34.9 Å². The van der Waals surface area contributed by atoms with Crippen LogP contribution in [0.4, 0.5) is 0 Å². The topological polar surface area (TPSA) is 48.6 Å². The first-order valence-electron chi connectivity index (χ1n) is 16.6. The van der Waals surface area contributed by atoms with Gasteiger partial charge in [0.1, 0.15) is 17.7 Å². The summed E-state index contributed by atoms with van der Waals surface area (Å²) in [5, 5.41) is 9.52. The molecular formula is C45H35N3O. The Morgan fingerprint density at radius 2 is 1.22 bits per heavy atom. The number of aliphatic imine (C=N–C) groups is 1. The molecule has 1 atom stereocenters. The van der Waals surface area contributed by atoms with Crippen LogP contribution in [0.15, 0.2) is 157 Å². The maximum Gasteiger partial charge on any atom is 0.148 e. The van der Waals surface area contributed by atoms with Gasteiger partial charge < -0.3 is 9.64 Å². The second-order valence-electron chi connectivity index (χ2n) is 13.2. The highest BCUT2D eigenvalue weighted by Crippen LogP contribution is 2.49. The van der Waals surface area contributed by atoms with Crippen LogP contribution in [0, 0.1) is 11.3 Å². The normalized spacial score (nSPS) is 16.0. The number of hydrogen-bond donors (Lipinski definition) is 0. The minimum absolute atomic E-state index is 0.210. The zero-order chi connectivity index (χ0) is 33.5. The van der Waals surface area contributed by atoms with Crippen LogP contribution in [0.1, 0.15) is 53.4 Å². The molecule has 0 N–H and O–H groups in total. The second kappa shape index (κ2) is 12.1. The average Bonchev–Trinajstić information content (AvgIpc) is 3.15. The van der Waals surface area contributed by atoms with Gasteiger partial charge in [0.05, 0.1) is 17.3 Å². The smallest absolute Gasteiger partial charge is 0.148 e. The van der Waals surface area contributed by atoms with Crippen LogP contribution in [0.25, 0.3) is 28.0 Å². The standard InChI is InChI=1S/C45H35N3O/c1-45(2)38-26-30(29-46)18-24-42(38)49-43-25-23-35(27-39(43)45)31-19-21-32(22-20-31)36-16-10-11-17-37(36)44-47-40(33-12-6-4-7-13-33)28-41(48(44)3)34-14-8-5-9-15-34/h4-28,44H,1-3H3. The zero-order valence-electron chi connectivity index (χ0n) is 27.8. The van der Waals surface area contributed by atoms with E-state index >= 15 is 0 Å². The highest BCUT2D eigenvalue weighted by Gasteiger charge is 2.35. The molecule has 2 aliphatic rings. The van der Waals surface area contributed by atoms with E-state index in [2.05, 4.69) is 159 Å². The summed E-state index contributed by atoms with van der Waals surface area (Å²) in [6.45, 7) is 4.40. The Hall–Kier alpha value is -6.18. The summed E-state index contributed by atoms with van der Waals surface area (Å²) in [5.41, 5.74) is 12.5. The molecule has 0 saturated carbocycles. The Bertz CT molecular complexity index is 2290. The number of nitriles is 1. The number of allylic oxidation sites excluding steroid dienone is 1. The van der Waals surface area contributed by atoms with E-state index in [-0.39, 0.29) is 11.6 Å². The van der Waals surface area contributed by atoms with E-state index in [0.29, 0.717) is 5.56 Å². The lowest BCUT2D eigenvalue weighted by Gasteiger charge is -2.35. The molecule has 0 fully saturated rings. The summed E-state index contributed by atoms with van der Waals surface area (Å²) < 4.78 is 6.30. The van der Waals surface area contributed by atoms with E-state index in [4.69, 9.17) is 9.73 Å². The van der Waals surface area contributed by atoms with E-state index in [1.807, 2.05) is 24.3 Å².